The van der Waals surface area contributed by atoms with Crippen LogP contribution in [0.4, 0.5) is 0 Å². The Bertz CT molecular complexity index is 1000. The molecule has 1 N–H and O–H groups in total. The molecule has 6 nitrogen and oxygen atoms in total. The molecule has 1 aliphatic rings. The summed E-state index contributed by atoms with van der Waals surface area (Å²) in [6.07, 6.45) is 1.85. The van der Waals surface area contributed by atoms with Crippen LogP contribution < -0.4 is 5.32 Å². The summed E-state index contributed by atoms with van der Waals surface area (Å²) in [6.45, 7) is 4.66. The van der Waals surface area contributed by atoms with E-state index >= 15 is 0 Å². The van der Waals surface area contributed by atoms with Gasteiger partial charge in [-0.15, -0.1) is 0 Å². The largest absolute Gasteiger partial charge is 0.352 e. The molecule has 3 aromatic rings. The van der Waals surface area contributed by atoms with Gasteiger partial charge >= 0.3 is 0 Å². The third-order valence-electron chi connectivity index (χ3n) is 5.42. The smallest absolute Gasteiger partial charge is 0.257 e. The summed E-state index contributed by atoms with van der Waals surface area (Å²) in [6, 6.07) is 15.6. The molecule has 0 unspecified atom stereocenters. The van der Waals surface area contributed by atoms with Crippen molar-refractivity contribution in [1.29, 1.82) is 0 Å². The molecule has 4 rings (SSSR count). The second-order valence-electron chi connectivity index (χ2n) is 7.77. The van der Waals surface area contributed by atoms with Gasteiger partial charge in [-0.05, 0) is 50.1 Å². The first-order chi connectivity index (χ1) is 14.6. The Morgan fingerprint density at radius 2 is 2.03 bits per heavy atom. The van der Waals surface area contributed by atoms with E-state index in [2.05, 4.69) is 20.4 Å². The van der Waals surface area contributed by atoms with E-state index in [-0.39, 0.29) is 11.8 Å². The summed E-state index contributed by atoms with van der Waals surface area (Å²) in [7, 11) is 0. The van der Waals surface area contributed by atoms with Crippen molar-refractivity contribution in [3.63, 3.8) is 0 Å². The summed E-state index contributed by atoms with van der Waals surface area (Å²) in [5, 5.41) is 7.82. The molecule has 2 heterocycles. The molecule has 0 spiro atoms. The maximum atomic E-state index is 12.7. The zero-order chi connectivity index (χ0) is 20.9. The van der Waals surface area contributed by atoms with Gasteiger partial charge in [-0.1, -0.05) is 52.7 Å². The highest BCUT2D eigenvalue weighted by Crippen LogP contribution is 2.21. The predicted molar refractivity (Wildman–Crippen MR) is 116 cm³/mol. The predicted octanol–water partition coefficient (Wildman–Crippen LogP) is 4.23. The number of carbonyl (C=O) groups is 1. The van der Waals surface area contributed by atoms with Crippen LogP contribution in [0.15, 0.2) is 53.1 Å². The lowest BCUT2D eigenvalue weighted by atomic mass is 9.97. The lowest BCUT2D eigenvalue weighted by molar-refractivity contribution is -0.127. The molecule has 1 amide bonds. The number of benzene rings is 2. The van der Waals surface area contributed by atoms with E-state index in [0.717, 1.165) is 30.5 Å². The van der Waals surface area contributed by atoms with Crippen LogP contribution in [0.3, 0.4) is 0 Å². The first-order valence-electron chi connectivity index (χ1n) is 10.2. The van der Waals surface area contributed by atoms with Gasteiger partial charge in [-0.25, -0.2) is 0 Å². The Morgan fingerprint density at radius 3 is 2.83 bits per heavy atom. The van der Waals surface area contributed by atoms with Crippen LogP contribution in [0.1, 0.15) is 29.8 Å². The van der Waals surface area contributed by atoms with Gasteiger partial charge in [0, 0.05) is 23.7 Å². The molecule has 2 aromatic carbocycles. The molecular weight excluding hydrogens is 400 g/mol. The van der Waals surface area contributed by atoms with Crippen LogP contribution in [0, 0.1) is 12.8 Å². The van der Waals surface area contributed by atoms with Gasteiger partial charge < -0.3 is 9.84 Å². The average molecular weight is 425 g/mol. The molecule has 1 aromatic heterocycles. The Kier molecular flexibility index (Phi) is 6.45. The van der Waals surface area contributed by atoms with Gasteiger partial charge in [0.1, 0.15) is 0 Å². The maximum Gasteiger partial charge on any atom is 0.257 e. The average Bonchev–Trinajstić information content (AvgIpc) is 3.22. The summed E-state index contributed by atoms with van der Waals surface area (Å²) >= 11 is 6.18. The van der Waals surface area contributed by atoms with E-state index in [1.807, 2.05) is 55.5 Å². The van der Waals surface area contributed by atoms with Gasteiger partial charge in [0.25, 0.3) is 5.89 Å². The molecule has 0 saturated carbocycles. The lowest BCUT2D eigenvalue weighted by Crippen LogP contribution is -2.42. The highest BCUT2D eigenvalue weighted by molar-refractivity contribution is 6.31. The van der Waals surface area contributed by atoms with Crippen molar-refractivity contribution in [1.82, 2.24) is 20.4 Å². The fourth-order valence-corrected chi connectivity index (χ4v) is 3.92. The number of likely N-dealkylation sites (tertiary alicyclic amines) is 1. The molecule has 1 aliphatic heterocycles. The number of hydrogen-bond acceptors (Lipinski definition) is 5. The number of halogens is 1. The molecule has 7 heteroatoms. The summed E-state index contributed by atoms with van der Waals surface area (Å²) in [4.78, 5) is 19.4. The van der Waals surface area contributed by atoms with Crippen molar-refractivity contribution in [2.24, 2.45) is 5.92 Å². The molecule has 1 saturated heterocycles. The molecule has 30 heavy (non-hydrogen) atoms. The lowest BCUT2D eigenvalue weighted by Gasteiger charge is -2.31. The van der Waals surface area contributed by atoms with E-state index in [1.54, 1.807) is 0 Å². The SMILES string of the molecule is Cc1ccc(-c2nc(CN3CCC[C@@H](C(=O)NCc4ccccc4Cl)C3)no2)cc1. The van der Waals surface area contributed by atoms with Crippen LogP contribution in [-0.4, -0.2) is 34.0 Å². The van der Waals surface area contributed by atoms with E-state index in [1.165, 1.54) is 5.56 Å². The van der Waals surface area contributed by atoms with Gasteiger partial charge in [-0.2, -0.15) is 4.98 Å². The topological polar surface area (TPSA) is 71.3 Å². The number of nitrogens with zero attached hydrogens (tertiary/aromatic N) is 3. The van der Waals surface area contributed by atoms with Crippen molar-refractivity contribution in [3.05, 3.63) is 70.5 Å². The van der Waals surface area contributed by atoms with Crippen LogP contribution in [-0.2, 0) is 17.9 Å². The second kappa shape index (κ2) is 9.41. The van der Waals surface area contributed by atoms with Crippen LogP contribution in [0.2, 0.25) is 5.02 Å². The van der Waals surface area contributed by atoms with Crippen LogP contribution >= 0.6 is 11.6 Å². The number of aryl methyl sites for hydroxylation is 1. The normalized spacial score (nSPS) is 17.1. The number of carbonyl (C=O) groups excluding carboxylic acids is 1. The number of amides is 1. The maximum absolute atomic E-state index is 12.7. The monoisotopic (exact) mass is 424 g/mol. The van der Waals surface area contributed by atoms with Gasteiger partial charge in [-0.3, -0.25) is 9.69 Å². The summed E-state index contributed by atoms with van der Waals surface area (Å²) < 4.78 is 5.43. The second-order valence-corrected chi connectivity index (χ2v) is 8.17. The zero-order valence-electron chi connectivity index (χ0n) is 17.0. The molecule has 0 aliphatic carbocycles. The van der Waals surface area contributed by atoms with E-state index in [9.17, 15) is 4.79 Å². The molecule has 156 valence electrons. The highest BCUT2D eigenvalue weighted by Gasteiger charge is 2.26. The van der Waals surface area contributed by atoms with E-state index in [4.69, 9.17) is 16.1 Å². The molecule has 1 fully saturated rings. The Hall–Kier alpha value is -2.70. The number of nitrogens with one attached hydrogen (secondary N) is 1. The van der Waals surface area contributed by atoms with Gasteiger partial charge in [0.2, 0.25) is 5.91 Å². The summed E-state index contributed by atoms with van der Waals surface area (Å²) in [5.41, 5.74) is 3.02. The number of rotatable bonds is 6. The van der Waals surface area contributed by atoms with E-state index in [0.29, 0.717) is 36.4 Å². The van der Waals surface area contributed by atoms with Crippen molar-refractivity contribution in [2.75, 3.05) is 13.1 Å². The minimum absolute atomic E-state index is 0.0512. The summed E-state index contributed by atoms with van der Waals surface area (Å²) in [5.74, 6) is 1.18. The highest BCUT2D eigenvalue weighted by atomic mass is 35.5. The van der Waals surface area contributed by atoms with Crippen molar-refractivity contribution < 1.29 is 9.32 Å². The number of piperidine rings is 1. The fraction of sp³-hybridized carbons (Fsp3) is 0.348. The van der Waals surface area contributed by atoms with Crippen molar-refractivity contribution in [2.45, 2.75) is 32.9 Å². The van der Waals surface area contributed by atoms with E-state index < -0.39 is 0 Å². The molecule has 1 atom stereocenters. The minimum Gasteiger partial charge on any atom is -0.352 e. The first kappa shape index (κ1) is 20.6. The van der Waals surface area contributed by atoms with Crippen molar-refractivity contribution >= 4 is 17.5 Å². The van der Waals surface area contributed by atoms with Crippen LogP contribution in [0.5, 0.6) is 0 Å². The zero-order valence-corrected chi connectivity index (χ0v) is 17.7. The molecule has 0 radical (unpaired) electrons. The Morgan fingerprint density at radius 1 is 1.23 bits per heavy atom. The molecular formula is C23H25ClN4O2. The number of hydrogen-bond donors (Lipinski definition) is 1. The van der Waals surface area contributed by atoms with Crippen molar-refractivity contribution in [3.8, 4) is 11.5 Å². The number of aromatic nitrogens is 2. The van der Waals surface area contributed by atoms with Gasteiger partial charge in [0.15, 0.2) is 5.82 Å². The quantitative estimate of drug-likeness (QED) is 0.641. The fourth-order valence-electron chi connectivity index (χ4n) is 3.71. The third kappa shape index (κ3) is 5.07. The Labute approximate surface area is 181 Å². The third-order valence-corrected chi connectivity index (χ3v) is 5.79. The first-order valence-corrected chi connectivity index (χ1v) is 10.6. The van der Waals surface area contributed by atoms with Gasteiger partial charge in [0.05, 0.1) is 12.5 Å². The molecule has 0 bridgehead atoms. The standard InChI is InChI=1S/C23H25ClN4O2/c1-16-8-10-17(11-9-16)23-26-21(27-30-23)15-28-12-4-6-19(14-28)22(29)25-13-18-5-2-3-7-20(18)24/h2-3,5,7-11,19H,4,6,12-15H2,1H3,(H,25,29)/t19-/m1/s1. The minimum atomic E-state index is -0.0512. The Balaban J connectivity index is 1.32. The van der Waals surface area contributed by atoms with Crippen LogP contribution in [0.25, 0.3) is 11.5 Å².